The molecule has 2 rings (SSSR count). The summed E-state index contributed by atoms with van der Waals surface area (Å²) in [6, 6.07) is 3.32. The van der Waals surface area contributed by atoms with Crippen LogP contribution < -0.4 is 9.47 Å². The quantitative estimate of drug-likeness (QED) is 0.804. The van der Waals surface area contributed by atoms with E-state index in [1.54, 1.807) is 26.0 Å². The predicted molar refractivity (Wildman–Crippen MR) is 58.9 cm³/mol. The number of ether oxygens (including phenoxy) is 3. The van der Waals surface area contributed by atoms with Gasteiger partial charge in [0.05, 0.1) is 6.61 Å². The highest BCUT2D eigenvalue weighted by atomic mass is 16.7. The molecule has 0 saturated carbocycles. The second-order valence-corrected chi connectivity index (χ2v) is 3.67. The maximum Gasteiger partial charge on any atom is 0.339 e. The number of aliphatic hydroxyl groups is 1. The van der Waals surface area contributed by atoms with Crippen LogP contribution in [0.3, 0.4) is 0 Å². The molecule has 1 unspecified atom stereocenters. The number of fused-ring (bicyclic) bond motifs is 1. The summed E-state index contributed by atoms with van der Waals surface area (Å²) in [4.78, 5) is 11.5. The van der Waals surface area contributed by atoms with E-state index in [0.29, 0.717) is 22.6 Å². The summed E-state index contributed by atoms with van der Waals surface area (Å²) in [5.41, 5.74) is 1.17. The lowest BCUT2D eigenvalue weighted by Gasteiger charge is -2.13. The Labute approximate surface area is 98.9 Å². The van der Waals surface area contributed by atoms with Crippen LogP contribution in [0.2, 0.25) is 0 Å². The molecule has 0 aromatic heterocycles. The Morgan fingerprint density at radius 3 is 3.00 bits per heavy atom. The zero-order valence-electron chi connectivity index (χ0n) is 9.73. The van der Waals surface area contributed by atoms with Crippen LogP contribution in [-0.4, -0.2) is 24.5 Å². The van der Waals surface area contributed by atoms with Crippen LogP contribution in [0.5, 0.6) is 11.5 Å². The molecule has 1 heterocycles. The van der Waals surface area contributed by atoms with Gasteiger partial charge in [0.1, 0.15) is 0 Å². The highest BCUT2D eigenvalue weighted by molar-refractivity contribution is 5.77. The Balaban J connectivity index is 2.30. The Hall–Kier alpha value is -1.75. The third-order valence-corrected chi connectivity index (χ3v) is 2.63. The minimum Gasteiger partial charge on any atom is -0.464 e. The van der Waals surface area contributed by atoms with Gasteiger partial charge in [-0.1, -0.05) is 6.07 Å². The van der Waals surface area contributed by atoms with Crippen molar-refractivity contribution in [3.8, 4) is 11.5 Å². The maximum atomic E-state index is 11.5. The molecule has 1 N–H and O–H groups in total. The fourth-order valence-corrected chi connectivity index (χ4v) is 1.77. The second kappa shape index (κ2) is 4.63. The van der Waals surface area contributed by atoms with Gasteiger partial charge in [0.15, 0.2) is 17.6 Å². The minimum absolute atomic E-state index is 0.162. The number of carbonyl (C=O) groups is 1. The van der Waals surface area contributed by atoms with Gasteiger partial charge in [-0.3, -0.25) is 0 Å². The molecule has 0 saturated heterocycles. The van der Waals surface area contributed by atoms with Crippen molar-refractivity contribution in [2.24, 2.45) is 0 Å². The molecule has 17 heavy (non-hydrogen) atoms. The normalized spacial score (nSPS) is 14.5. The molecule has 0 amide bonds. The number of carbonyl (C=O) groups excluding carboxylic acids is 1. The maximum absolute atomic E-state index is 11.5. The molecule has 92 valence electrons. The van der Waals surface area contributed by atoms with E-state index >= 15 is 0 Å². The van der Waals surface area contributed by atoms with Crippen molar-refractivity contribution in [1.82, 2.24) is 0 Å². The lowest BCUT2D eigenvalue weighted by Crippen LogP contribution is -2.16. The van der Waals surface area contributed by atoms with Crippen molar-refractivity contribution in [1.29, 1.82) is 0 Å². The van der Waals surface area contributed by atoms with Gasteiger partial charge in [-0.15, -0.1) is 0 Å². The second-order valence-electron chi connectivity index (χ2n) is 3.67. The first-order valence-electron chi connectivity index (χ1n) is 5.39. The van der Waals surface area contributed by atoms with Gasteiger partial charge < -0.3 is 19.3 Å². The first-order chi connectivity index (χ1) is 8.15. The summed E-state index contributed by atoms with van der Waals surface area (Å²) < 4.78 is 15.2. The van der Waals surface area contributed by atoms with Crippen LogP contribution in [0.1, 0.15) is 24.2 Å². The fourth-order valence-electron chi connectivity index (χ4n) is 1.77. The summed E-state index contributed by atoms with van der Waals surface area (Å²) >= 11 is 0. The van der Waals surface area contributed by atoms with E-state index in [-0.39, 0.29) is 13.4 Å². The van der Waals surface area contributed by atoms with Gasteiger partial charge in [0.2, 0.25) is 6.79 Å². The monoisotopic (exact) mass is 238 g/mol. The van der Waals surface area contributed by atoms with Gasteiger partial charge >= 0.3 is 5.97 Å². The van der Waals surface area contributed by atoms with Crippen LogP contribution in [0.25, 0.3) is 0 Å². The molecule has 0 fully saturated rings. The van der Waals surface area contributed by atoms with Crippen molar-refractivity contribution in [3.63, 3.8) is 0 Å². The number of esters is 1. The summed E-state index contributed by atoms with van der Waals surface area (Å²) in [5, 5.41) is 9.86. The SMILES string of the molecule is CCOC(=O)C(O)c1ccc2c(c1C)OCO2. The molecule has 5 nitrogen and oxygen atoms in total. The van der Waals surface area contributed by atoms with E-state index in [1.807, 2.05) is 0 Å². The number of rotatable bonds is 3. The number of benzene rings is 1. The summed E-state index contributed by atoms with van der Waals surface area (Å²) in [6.45, 7) is 3.86. The zero-order chi connectivity index (χ0) is 12.4. The first kappa shape index (κ1) is 11.7. The smallest absolute Gasteiger partial charge is 0.339 e. The molecule has 0 spiro atoms. The Bertz CT molecular complexity index is 441. The molecule has 5 heteroatoms. The molecule has 1 aliphatic rings. The van der Waals surface area contributed by atoms with E-state index < -0.39 is 12.1 Å². The van der Waals surface area contributed by atoms with Crippen LogP contribution in [0.15, 0.2) is 12.1 Å². The zero-order valence-corrected chi connectivity index (χ0v) is 9.73. The topological polar surface area (TPSA) is 65.0 Å². The predicted octanol–water partition coefficient (Wildman–Crippen LogP) is 1.32. The molecule has 0 radical (unpaired) electrons. The third-order valence-electron chi connectivity index (χ3n) is 2.63. The van der Waals surface area contributed by atoms with Crippen molar-refractivity contribution in [2.45, 2.75) is 20.0 Å². The highest BCUT2D eigenvalue weighted by Gasteiger charge is 2.25. The Morgan fingerprint density at radius 2 is 2.29 bits per heavy atom. The van der Waals surface area contributed by atoms with E-state index in [1.165, 1.54) is 0 Å². The minimum atomic E-state index is -1.29. The van der Waals surface area contributed by atoms with Crippen molar-refractivity contribution in [2.75, 3.05) is 13.4 Å². The lowest BCUT2D eigenvalue weighted by atomic mass is 10.0. The average Bonchev–Trinajstić information content (AvgIpc) is 2.78. The summed E-state index contributed by atoms with van der Waals surface area (Å²) in [5.74, 6) is 0.544. The molecule has 0 bridgehead atoms. The number of hydrogen-bond acceptors (Lipinski definition) is 5. The molecular weight excluding hydrogens is 224 g/mol. The molecule has 0 aliphatic carbocycles. The Morgan fingerprint density at radius 1 is 1.53 bits per heavy atom. The standard InChI is InChI=1S/C12H14O5/c1-3-15-12(14)10(13)8-4-5-9-11(7(8)2)17-6-16-9/h4-5,10,13H,3,6H2,1-2H3. The fraction of sp³-hybridized carbons (Fsp3) is 0.417. The van der Waals surface area contributed by atoms with Gasteiger partial charge in [-0.05, 0) is 25.5 Å². The van der Waals surface area contributed by atoms with Crippen molar-refractivity contribution in [3.05, 3.63) is 23.3 Å². The van der Waals surface area contributed by atoms with Gasteiger partial charge in [0, 0.05) is 5.56 Å². The van der Waals surface area contributed by atoms with Crippen LogP contribution in [0.4, 0.5) is 0 Å². The van der Waals surface area contributed by atoms with Gasteiger partial charge in [-0.25, -0.2) is 4.79 Å². The number of aliphatic hydroxyl groups excluding tert-OH is 1. The van der Waals surface area contributed by atoms with Crippen molar-refractivity contribution >= 4 is 5.97 Å². The van der Waals surface area contributed by atoms with Gasteiger partial charge in [-0.2, -0.15) is 0 Å². The van der Waals surface area contributed by atoms with E-state index in [2.05, 4.69) is 0 Å². The van der Waals surface area contributed by atoms with Crippen LogP contribution in [0, 0.1) is 6.92 Å². The molecule has 1 aliphatic heterocycles. The summed E-state index contributed by atoms with van der Waals surface area (Å²) in [7, 11) is 0. The molecule has 1 aromatic carbocycles. The van der Waals surface area contributed by atoms with E-state index in [4.69, 9.17) is 14.2 Å². The highest BCUT2D eigenvalue weighted by Crippen LogP contribution is 2.38. The van der Waals surface area contributed by atoms with Crippen LogP contribution in [-0.2, 0) is 9.53 Å². The first-order valence-corrected chi connectivity index (χ1v) is 5.39. The van der Waals surface area contributed by atoms with E-state index in [9.17, 15) is 9.90 Å². The molecule has 1 aromatic rings. The van der Waals surface area contributed by atoms with E-state index in [0.717, 1.165) is 0 Å². The molecular formula is C12H14O5. The summed E-state index contributed by atoms with van der Waals surface area (Å²) in [6.07, 6.45) is -1.29. The largest absolute Gasteiger partial charge is 0.464 e. The Kier molecular flexibility index (Phi) is 3.19. The van der Waals surface area contributed by atoms with Crippen molar-refractivity contribution < 1.29 is 24.1 Å². The van der Waals surface area contributed by atoms with Crippen LogP contribution >= 0.6 is 0 Å². The lowest BCUT2D eigenvalue weighted by molar-refractivity contribution is -0.153. The third kappa shape index (κ3) is 2.06. The average molecular weight is 238 g/mol. The molecule has 1 atom stereocenters. The number of hydrogen-bond donors (Lipinski definition) is 1. The van der Waals surface area contributed by atoms with Gasteiger partial charge in [0.25, 0.3) is 0 Å².